The van der Waals surface area contributed by atoms with Crippen LogP contribution in [0.1, 0.15) is 18.4 Å². The molecule has 0 spiro atoms. The Morgan fingerprint density at radius 1 is 1.26 bits per heavy atom. The van der Waals surface area contributed by atoms with Crippen molar-refractivity contribution in [3.05, 3.63) is 29.8 Å². The largest absolute Gasteiger partial charge is 0.326 e. The van der Waals surface area contributed by atoms with E-state index in [1.54, 1.807) is 21.3 Å². The Hall–Kier alpha value is -1.95. The van der Waals surface area contributed by atoms with Gasteiger partial charge in [0.25, 0.3) is 0 Å². The number of likely N-dealkylation sites (tertiary alicyclic amines) is 1. The number of aryl methyl sites for hydroxylation is 1. The first kappa shape index (κ1) is 18.4. The minimum atomic E-state index is -3.44. The van der Waals surface area contributed by atoms with Crippen molar-refractivity contribution in [3.8, 4) is 6.07 Å². The van der Waals surface area contributed by atoms with Gasteiger partial charge in [0.1, 0.15) is 6.04 Å². The Morgan fingerprint density at radius 3 is 2.56 bits per heavy atom. The number of hydrogen-bond donors (Lipinski definition) is 1. The van der Waals surface area contributed by atoms with Gasteiger partial charge in [-0.3, -0.25) is 4.79 Å². The fourth-order valence-corrected chi connectivity index (χ4v) is 5.87. The van der Waals surface area contributed by atoms with E-state index < -0.39 is 10.0 Å². The van der Waals surface area contributed by atoms with Crippen LogP contribution in [-0.2, 0) is 14.8 Å². The Morgan fingerprint density at radius 2 is 1.93 bits per heavy atom. The van der Waals surface area contributed by atoms with Crippen molar-refractivity contribution in [3.63, 3.8) is 0 Å². The average molecular weight is 388 g/mol. The molecule has 0 radical (unpaired) electrons. The van der Waals surface area contributed by atoms with Gasteiger partial charge in [-0.1, -0.05) is 17.7 Å². The number of nitriles is 1. The van der Waals surface area contributed by atoms with Crippen LogP contribution in [0.3, 0.4) is 0 Å². The molecular weight excluding hydrogens is 364 g/mol. The highest BCUT2D eigenvalue weighted by Crippen LogP contribution is 2.47. The van der Waals surface area contributed by atoms with Gasteiger partial charge in [0.05, 0.1) is 17.5 Å². The molecule has 144 valence electrons. The van der Waals surface area contributed by atoms with Crippen molar-refractivity contribution in [2.75, 3.05) is 26.2 Å². The van der Waals surface area contributed by atoms with Crippen LogP contribution in [-0.4, -0.2) is 61.8 Å². The van der Waals surface area contributed by atoms with Crippen molar-refractivity contribution < 1.29 is 13.2 Å². The van der Waals surface area contributed by atoms with Crippen LogP contribution in [0.4, 0.5) is 0 Å². The first-order valence-corrected chi connectivity index (χ1v) is 10.8. The molecule has 2 aliphatic heterocycles. The second kappa shape index (κ2) is 6.89. The van der Waals surface area contributed by atoms with Crippen LogP contribution >= 0.6 is 0 Å². The number of hydrogen-bond acceptors (Lipinski definition) is 5. The number of sulfonamides is 1. The van der Waals surface area contributed by atoms with E-state index in [9.17, 15) is 13.2 Å². The molecule has 2 unspecified atom stereocenters. The zero-order valence-corrected chi connectivity index (χ0v) is 16.2. The number of carbonyl (C=O) groups is 1. The van der Waals surface area contributed by atoms with Gasteiger partial charge < -0.3 is 10.2 Å². The fourth-order valence-electron chi connectivity index (χ4n) is 4.35. The quantitative estimate of drug-likeness (QED) is 0.802. The summed E-state index contributed by atoms with van der Waals surface area (Å²) in [6.07, 6.45) is 1.63. The second-order valence-electron chi connectivity index (χ2n) is 7.74. The van der Waals surface area contributed by atoms with E-state index in [0.29, 0.717) is 24.5 Å². The zero-order valence-electron chi connectivity index (χ0n) is 15.3. The number of benzene rings is 1. The number of piperidine rings is 1. The van der Waals surface area contributed by atoms with Crippen molar-refractivity contribution in [1.29, 1.82) is 5.26 Å². The molecule has 4 rings (SSSR count). The number of nitrogens with one attached hydrogen (secondary N) is 1. The third kappa shape index (κ3) is 3.35. The standard InChI is InChI=1S/C19H24N4O3S/c1-13-4-6-15(7-5-13)27(25,26)22-11-16-17(12-22)19(16)21-10-18(24)23-8-2-3-14(23)9-20/h4-7,14,16-17,19,21H,2-3,8,10-12H2,1H3/t14-,16?,17?,19?/m0/s1. The summed E-state index contributed by atoms with van der Waals surface area (Å²) in [5, 5.41) is 12.4. The molecule has 0 aromatic heterocycles. The Labute approximate surface area is 160 Å². The molecule has 1 amide bonds. The molecule has 7 nitrogen and oxygen atoms in total. The first-order chi connectivity index (χ1) is 12.9. The van der Waals surface area contributed by atoms with Gasteiger partial charge in [0.2, 0.25) is 15.9 Å². The second-order valence-corrected chi connectivity index (χ2v) is 9.68. The lowest BCUT2D eigenvalue weighted by atomic mass is 10.2. The predicted molar refractivity (Wildman–Crippen MR) is 99.1 cm³/mol. The normalized spacial score (nSPS) is 30.1. The molecule has 2 heterocycles. The maximum absolute atomic E-state index is 12.7. The number of carbonyl (C=O) groups excluding carboxylic acids is 1. The first-order valence-electron chi connectivity index (χ1n) is 9.41. The van der Waals surface area contributed by atoms with Crippen LogP contribution < -0.4 is 5.32 Å². The highest BCUT2D eigenvalue weighted by Gasteiger charge is 2.58. The highest BCUT2D eigenvalue weighted by molar-refractivity contribution is 7.89. The summed E-state index contributed by atoms with van der Waals surface area (Å²) in [5.74, 6) is 0.500. The van der Waals surface area contributed by atoms with Gasteiger partial charge in [-0.2, -0.15) is 9.57 Å². The molecule has 8 heteroatoms. The van der Waals surface area contributed by atoms with Gasteiger partial charge in [0, 0.05) is 25.7 Å². The molecule has 1 aliphatic carbocycles. The van der Waals surface area contributed by atoms with E-state index in [1.165, 1.54) is 0 Å². The minimum Gasteiger partial charge on any atom is -0.326 e. The Bertz CT molecular complexity index is 865. The molecule has 0 bridgehead atoms. The van der Waals surface area contributed by atoms with Crippen LogP contribution in [0.5, 0.6) is 0 Å². The maximum atomic E-state index is 12.7. The van der Waals surface area contributed by atoms with Crippen molar-refractivity contribution in [1.82, 2.24) is 14.5 Å². The number of rotatable bonds is 5. The average Bonchev–Trinajstić information content (AvgIpc) is 3.05. The summed E-state index contributed by atoms with van der Waals surface area (Å²) >= 11 is 0. The van der Waals surface area contributed by atoms with Gasteiger partial charge >= 0.3 is 0 Å². The summed E-state index contributed by atoms with van der Waals surface area (Å²) in [6.45, 7) is 3.80. The minimum absolute atomic E-state index is 0.0341. The van der Waals surface area contributed by atoms with E-state index in [4.69, 9.17) is 5.26 Å². The van der Waals surface area contributed by atoms with Gasteiger partial charge in [0.15, 0.2) is 0 Å². The predicted octanol–water partition coefficient (Wildman–Crippen LogP) is 0.718. The molecule has 1 N–H and O–H groups in total. The molecule has 2 saturated heterocycles. The smallest absolute Gasteiger partial charge is 0.243 e. The molecule has 1 aromatic rings. The lowest BCUT2D eigenvalue weighted by Crippen LogP contribution is -2.43. The fraction of sp³-hybridized carbons (Fsp3) is 0.579. The van der Waals surface area contributed by atoms with E-state index in [0.717, 1.165) is 18.4 Å². The van der Waals surface area contributed by atoms with Crippen LogP contribution in [0.2, 0.25) is 0 Å². The Balaban J connectivity index is 1.29. The van der Waals surface area contributed by atoms with Crippen LogP contribution in [0, 0.1) is 30.1 Å². The number of amides is 1. The molecule has 27 heavy (non-hydrogen) atoms. The van der Waals surface area contributed by atoms with E-state index in [2.05, 4.69) is 11.4 Å². The maximum Gasteiger partial charge on any atom is 0.243 e. The van der Waals surface area contributed by atoms with Crippen molar-refractivity contribution in [2.24, 2.45) is 11.8 Å². The zero-order chi connectivity index (χ0) is 19.2. The lowest BCUT2D eigenvalue weighted by molar-refractivity contribution is -0.130. The summed E-state index contributed by atoms with van der Waals surface area (Å²) < 4.78 is 27.0. The molecule has 3 fully saturated rings. The van der Waals surface area contributed by atoms with Gasteiger partial charge in [-0.25, -0.2) is 8.42 Å². The molecular formula is C19H24N4O3S. The van der Waals surface area contributed by atoms with E-state index in [-0.39, 0.29) is 36.4 Å². The van der Waals surface area contributed by atoms with Crippen molar-refractivity contribution >= 4 is 15.9 Å². The van der Waals surface area contributed by atoms with Gasteiger partial charge in [-0.05, 0) is 43.7 Å². The van der Waals surface area contributed by atoms with E-state index in [1.807, 2.05) is 19.1 Å². The van der Waals surface area contributed by atoms with Crippen LogP contribution in [0.15, 0.2) is 29.2 Å². The molecule has 1 aromatic carbocycles. The number of fused-ring (bicyclic) bond motifs is 1. The monoisotopic (exact) mass is 388 g/mol. The van der Waals surface area contributed by atoms with E-state index >= 15 is 0 Å². The number of nitrogens with zero attached hydrogens (tertiary/aromatic N) is 3. The Kier molecular flexibility index (Phi) is 4.70. The molecule has 3 aliphatic rings. The summed E-state index contributed by atoms with van der Waals surface area (Å²) in [4.78, 5) is 14.3. The SMILES string of the molecule is Cc1ccc(S(=O)(=O)N2CC3C(C2)C3NCC(=O)N2CCC[C@H]2C#N)cc1. The lowest BCUT2D eigenvalue weighted by Gasteiger charge is -2.22. The summed E-state index contributed by atoms with van der Waals surface area (Å²) in [5.41, 5.74) is 1.03. The molecule has 3 atom stereocenters. The van der Waals surface area contributed by atoms with Crippen LogP contribution in [0.25, 0.3) is 0 Å². The van der Waals surface area contributed by atoms with Gasteiger partial charge in [-0.15, -0.1) is 0 Å². The topological polar surface area (TPSA) is 93.5 Å². The summed E-state index contributed by atoms with van der Waals surface area (Å²) in [7, 11) is -3.44. The third-order valence-electron chi connectivity index (χ3n) is 6.03. The van der Waals surface area contributed by atoms with Crippen molar-refractivity contribution in [2.45, 2.75) is 36.7 Å². The molecule has 1 saturated carbocycles. The third-order valence-corrected chi connectivity index (χ3v) is 7.88. The highest BCUT2D eigenvalue weighted by atomic mass is 32.2. The summed E-state index contributed by atoms with van der Waals surface area (Å²) in [6, 6.07) is 9.02.